The number of nitrogens with zero attached hydrogens (tertiary/aromatic N) is 4. The molecular weight excluding hydrogens is 312 g/mol. The van der Waals surface area contributed by atoms with E-state index in [1.54, 1.807) is 35.2 Å². The van der Waals surface area contributed by atoms with E-state index in [1.807, 2.05) is 11.6 Å². The molecule has 0 unspecified atom stereocenters. The monoisotopic (exact) mass is 336 g/mol. The standard InChI is InChI=1S/C16H24N4O2S/c1-18(2)14(21)12-20-9-5-16(15(20)22)3-7-19(8-4-16)11-13-17-6-10-23-13/h6,10H,3-5,7-9,11-12H2,1-2H3. The van der Waals surface area contributed by atoms with Crippen LogP contribution in [-0.4, -0.2) is 71.8 Å². The molecule has 23 heavy (non-hydrogen) atoms. The van der Waals surface area contributed by atoms with E-state index in [0.29, 0.717) is 6.54 Å². The Morgan fingerprint density at radius 1 is 1.30 bits per heavy atom. The number of aromatic nitrogens is 1. The highest BCUT2D eigenvalue weighted by Crippen LogP contribution is 2.41. The molecule has 2 aliphatic rings. The average Bonchev–Trinajstić information content (AvgIpc) is 3.14. The van der Waals surface area contributed by atoms with Gasteiger partial charge < -0.3 is 9.80 Å². The number of carbonyl (C=O) groups is 2. The fraction of sp³-hybridized carbons (Fsp3) is 0.688. The molecule has 3 heterocycles. The summed E-state index contributed by atoms with van der Waals surface area (Å²) >= 11 is 1.68. The fourth-order valence-electron chi connectivity index (χ4n) is 3.47. The molecule has 1 spiro atoms. The van der Waals surface area contributed by atoms with Gasteiger partial charge in [0.25, 0.3) is 0 Å². The zero-order chi connectivity index (χ0) is 16.4. The van der Waals surface area contributed by atoms with Crippen molar-refractivity contribution in [1.82, 2.24) is 19.7 Å². The Bertz CT molecular complexity index is 565. The first-order chi connectivity index (χ1) is 11.0. The number of rotatable bonds is 4. The summed E-state index contributed by atoms with van der Waals surface area (Å²) in [6.07, 6.45) is 4.51. The lowest BCUT2D eigenvalue weighted by Crippen LogP contribution is -2.46. The lowest BCUT2D eigenvalue weighted by molar-refractivity contribution is -0.143. The lowest BCUT2D eigenvalue weighted by atomic mass is 9.77. The average molecular weight is 336 g/mol. The molecule has 0 aliphatic carbocycles. The molecule has 3 rings (SSSR count). The van der Waals surface area contributed by atoms with Gasteiger partial charge in [0.05, 0.1) is 18.5 Å². The highest BCUT2D eigenvalue weighted by atomic mass is 32.1. The van der Waals surface area contributed by atoms with Crippen molar-refractivity contribution in [2.24, 2.45) is 5.41 Å². The number of likely N-dealkylation sites (N-methyl/N-ethyl adjacent to an activating group) is 1. The van der Waals surface area contributed by atoms with E-state index in [1.165, 1.54) is 0 Å². The van der Waals surface area contributed by atoms with Crippen LogP contribution in [0, 0.1) is 5.41 Å². The summed E-state index contributed by atoms with van der Waals surface area (Å²) < 4.78 is 0. The summed E-state index contributed by atoms with van der Waals surface area (Å²) in [6.45, 7) is 3.67. The number of hydrogen-bond acceptors (Lipinski definition) is 5. The van der Waals surface area contributed by atoms with Crippen molar-refractivity contribution in [2.45, 2.75) is 25.8 Å². The molecule has 6 nitrogen and oxygen atoms in total. The second-order valence-electron chi connectivity index (χ2n) is 6.75. The maximum absolute atomic E-state index is 12.8. The molecule has 0 aromatic carbocycles. The number of likely N-dealkylation sites (tertiary alicyclic amines) is 2. The van der Waals surface area contributed by atoms with Crippen LogP contribution < -0.4 is 0 Å². The van der Waals surface area contributed by atoms with Crippen molar-refractivity contribution in [2.75, 3.05) is 40.3 Å². The van der Waals surface area contributed by atoms with Crippen molar-refractivity contribution in [1.29, 1.82) is 0 Å². The summed E-state index contributed by atoms with van der Waals surface area (Å²) in [7, 11) is 3.46. The van der Waals surface area contributed by atoms with Gasteiger partial charge in [-0.2, -0.15) is 0 Å². The Kier molecular flexibility index (Phi) is 4.68. The Labute approximate surface area is 141 Å². The van der Waals surface area contributed by atoms with Crippen LogP contribution in [0.15, 0.2) is 11.6 Å². The molecule has 1 aromatic heterocycles. The molecule has 0 saturated carbocycles. The third-order valence-corrected chi connectivity index (χ3v) is 5.85. The van der Waals surface area contributed by atoms with Gasteiger partial charge in [-0.15, -0.1) is 11.3 Å². The fourth-order valence-corrected chi connectivity index (χ4v) is 4.13. The highest BCUT2D eigenvalue weighted by Gasteiger charge is 2.48. The first kappa shape index (κ1) is 16.4. The van der Waals surface area contributed by atoms with Crippen LogP contribution in [0.1, 0.15) is 24.3 Å². The molecule has 2 saturated heterocycles. The van der Waals surface area contributed by atoms with Crippen molar-refractivity contribution in [3.8, 4) is 0 Å². The third kappa shape index (κ3) is 3.40. The van der Waals surface area contributed by atoms with Gasteiger partial charge >= 0.3 is 0 Å². The molecule has 126 valence electrons. The van der Waals surface area contributed by atoms with E-state index in [-0.39, 0.29) is 23.8 Å². The van der Waals surface area contributed by atoms with E-state index in [0.717, 1.165) is 43.9 Å². The second-order valence-corrected chi connectivity index (χ2v) is 7.73. The zero-order valence-electron chi connectivity index (χ0n) is 13.8. The molecule has 0 atom stereocenters. The Balaban J connectivity index is 1.55. The van der Waals surface area contributed by atoms with E-state index in [2.05, 4.69) is 9.88 Å². The van der Waals surface area contributed by atoms with Crippen molar-refractivity contribution < 1.29 is 9.59 Å². The smallest absolute Gasteiger partial charge is 0.241 e. The zero-order valence-corrected chi connectivity index (χ0v) is 14.6. The molecule has 2 amide bonds. The minimum absolute atomic E-state index is 0.00314. The van der Waals surface area contributed by atoms with E-state index in [9.17, 15) is 9.59 Å². The van der Waals surface area contributed by atoms with Gasteiger partial charge in [0.15, 0.2) is 0 Å². The minimum atomic E-state index is -0.230. The van der Waals surface area contributed by atoms with E-state index < -0.39 is 0 Å². The number of carbonyl (C=O) groups excluding carboxylic acids is 2. The normalized spacial score (nSPS) is 21.1. The topological polar surface area (TPSA) is 56.8 Å². The maximum atomic E-state index is 12.8. The highest BCUT2D eigenvalue weighted by molar-refractivity contribution is 7.09. The molecule has 2 fully saturated rings. The SMILES string of the molecule is CN(C)C(=O)CN1CCC2(CCN(Cc3nccs3)CC2)C1=O. The first-order valence-corrected chi connectivity index (χ1v) is 8.98. The molecule has 0 radical (unpaired) electrons. The van der Waals surface area contributed by atoms with Gasteiger partial charge in [-0.3, -0.25) is 14.5 Å². The Morgan fingerprint density at radius 3 is 2.61 bits per heavy atom. The van der Waals surface area contributed by atoms with Gasteiger partial charge in [0.1, 0.15) is 5.01 Å². The van der Waals surface area contributed by atoms with Gasteiger partial charge in [0.2, 0.25) is 11.8 Å². The summed E-state index contributed by atoms with van der Waals surface area (Å²) in [5, 5.41) is 3.14. The molecule has 1 aromatic rings. The second kappa shape index (κ2) is 6.57. The number of thiazole rings is 1. The summed E-state index contributed by atoms with van der Waals surface area (Å²) in [5.41, 5.74) is -0.230. The third-order valence-electron chi connectivity index (χ3n) is 5.08. The quantitative estimate of drug-likeness (QED) is 0.825. The number of amides is 2. The van der Waals surface area contributed by atoms with Crippen molar-refractivity contribution >= 4 is 23.2 Å². The predicted molar refractivity (Wildman–Crippen MR) is 88.9 cm³/mol. The Hall–Kier alpha value is -1.47. The number of piperidine rings is 1. The lowest BCUT2D eigenvalue weighted by Gasteiger charge is -2.37. The molecule has 2 aliphatic heterocycles. The van der Waals surface area contributed by atoms with E-state index in [4.69, 9.17) is 0 Å². The predicted octanol–water partition coefficient (Wildman–Crippen LogP) is 1.05. The molecule has 0 N–H and O–H groups in total. The first-order valence-electron chi connectivity index (χ1n) is 8.10. The van der Waals surface area contributed by atoms with Crippen LogP contribution >= 0.6 is 11.3 Å². The molecule has 0 bridgehead atoms. The van der Waals surface area contributed by atoms with Gasteiger partial charge in [-0.1, -0.05) is 0 Å². The van der Waals surface area contributed by atoms with Crippen LogP contribution in [0.5, 0.6) is 0 Å². The van der Waals surface area contributed by atoms with Crippen LogP contribution in [0.3, 0.4) is 0 Å². The van der Waals surface area contributed by atoms with Crippen molar-refractivity contribution in [3.63, 3.8) is 0 Å². The van der Waals surface area contributed by atoms with Gasteiger partial charge in [-0.25, -0.2) is 4.98 Å². The van der Waals surface area contributed by atoms with Crippen molar-refractivity contribution in [3.05, 3.63) is 16.6 Å². The molecule has 7 heteroatoms. The van der Waals surface area contributed by atoms with Crippen LogP contribution in [0.4, 0.5) is 0 Å². The summed E-state index contributed by atoms with van der Waals surface area (Å²) in [6, 6.07) is 0. The van der Waals surface area contributed by atoms with Gasteiger partial charge in [0, 0.05) is 32.2 Å². The largest absolute Gasteiger partial charge is 0.347 e. The molecular formula is C16H24N4O2S. The summed E-state index contributed by atoms with van der Waals surface area (Å²) in [4.78, 5) is 34.7. The van der Waals surface area contributed by atoms with E-state index >= 15 is 0 Å². The van der Waals surface area contributed by atoms with Crippen LogP contribution in [-0.2, 0) is 16.1 Å². The van der Waals surface area contributed by atoms with Crippen LogP contribution in [0.2, 0.25) is 0 Å². The number of hydrogen-bond donors (Lipinski definition) is 0. The minimum Gasteiger partial charge on any atom is -0.347 e. The van der Waals surface area contributed by atoms with Gasteiger partial charge in [-0.05, 0) is 32.4 Å². The maximum Gasteiger partial charge on any atom is 0.241 e. The summed E-state index contributed by atoms with van der Waals surface area (Å²) in [5.74, 6) is 0.179. The Morgan fingerprint density at radius 2 is 2.00 bits per heavy atom. The van der Waals surface area contributed by atoms with Crippen LogP contribution in [0.25, 0.3) is 0 Å².